The van der Waals surface area contributed by atoms with Crippen LogP contribution in [0.3, 0.4) is 0 Å². The maximum Gasteiger partial charge on any atom is 0.109 e. The first-order valence-electron chi connectivity index (χ1n) is 6.79. The number of nitrogens with zero attached hydrogens (tertiary/aromatic N) is 1. The molecule has 0 aromatic carbocycles. The Kier molecular flexibility index (Phi) is 4.21. The average molecular weight is 252 g/mol. The second-order valence-electron chi connectivity index (χ2n) is 5.78. The summed E-state index contributed by atoms with van der Waals surface area (Å²) in [6.45, 7) is 7.05. The SMILES string of the molecule is CCC(NC1CCCCC1(C)C)c1nccs1. The maximum absolute atomic E-state index is 4.46. The van der Waals surface area contributed by atoms with E-state index >= 15 is 0 Å². The highest BCUT2D eigenvalue weighted by Gasteiger charge is 2.33. The summed E-state index contributed by atoms with van der Waals surface area (Å²) >= 11 is 1.77. The van der Waals surface area contributed by atoms with Crippen molar-refractivity contribution in [3.05, 3.63) is 16.6 Å². The van der Waals surface area contributed by atoms with Crippen LogP contribution in [-0.2, 0) is 0 Å². The van der Waals surface area contributed by atoms with E-state index in [-0.39, 0.29) is 0 Å². The van der Waals surface area contributed by atoms with Gasteiger partial charge in [-0.3, -0.25) is 0 Å². The van der Waals surface area contributed by atoms with Gasteiger partial charge in [-0.2, -0.15) is 0 Å². The summed E-state index contributed by atoms with van der Waals surface area (Å²) in [5.74, 6) is 0. The Hall–Kier alpha value is -0.410. The molecule has 1 aliphatic carbocycles. The van der Waals surface area contributed by atoms with E-state index < -0.39 is 0 Å². The van der Waals surface area contributed by atoms with Gasteiger partial charge in [-0.25, -0.2) is 4.98 Å². The third kappa shape index (κ3) is 3.08. The summed E-state index contributed by atoms with van der Waals surface area (Å²) in [5, 5.41) is 7.17. The zero-order valence-corrected chi connectivity index (χ0v) is 12.0. The van der Waals surface area contributed by atoms with E-state index in [1.807, 2.05) is 6.20 Å². The standard InChI is InChI=1S/C14H24N2S/c1-4-11(13-15-9-10-17-13)16-12-7-5-6-8-14(12,2)3/h9-12,16H,4-8H2,1-3H3. The fraction of sp³-hybridized carbons (Fsp3) is 0.786. The van der Waals surface area contributed by atoms with E-state index in [9.17, 15) is 0 Å². The highest BCUT2D eigenvalue weighted by atomic mass is 32.1. The molecular formula is C14H24N2S. The molecule has 1 aliphatic rings. The number of hydrogen-bond acceptors (Lipinski definition) is 3. The minimum Gasteiger partial charge on any atom is -0.305 e. The molecule has 17 heavy (non-hydrogen) atoms. The first kappa shape index (κ1) is 13.0. The van der Waals surface area contributed by atoms with E-state index in [1.54, 1.807) is 11.3 Å². The smallest absolute Gasteiger partial charge is 0.109 e. The second kappa shape index (κ2) is 5.49. The monoisotopic (exact) mass is 252 g/mol. The molecule has 1 saturated carbocycles. The molecule has 2 atom stereocenters. The number of nitrogens with one attached hydrogen (secondary N) is 1. The molecule has 0 aliphatic heterocycles. The summed E-state index contributed by atoms with van der Waals surface area (Å²) in [6.07, 6.45) is 8.46. The Bertz CT molecular complexity index is 332. The number of aromatic nitrogens is 1. The summed E-state index contributed by atoms with van der Waals surface area (Å²) in [6, 6.07) is 1.09. The molecule has 1 N–H and O–H groups in total. The van der Waals surface area contributed by atoms with Crippen LogP contribution in [0.4, 0.5) is 0 Å². The molecule has 0 bridgehead atoms. The number of thiazole rings is 1. The van der Waals surface area contributed by atoms with E-state index in [0.717, 1.165) is 6.42 Å². The van der Waals surface area contributed by atoms with Gasteiger partial charge in [-0.1, -0.05) is 33.6 Å². The molecule has 0 amide bonds. The second-order valence-corrected chi connectivity index (χ2v) is 6.71. The van der Waals surface area contributed by atoms with Crippen LogP contribution in [0.2, 0.25) is 0 Å². The molecule has 1 fully saturated rings. The van der Waals surface area contributed by atoms with Crippen molar-refractivity contribution in [1.82, 2.24) is 10.3 Å². The molecular weight excluding hydrogens is 228 g/mol. The number of hydrogen-bond donors (Lipinski definition) is 1. The molecule has 2 nitrogen and oxygen atoms in total. The van der Waals surface area contributed by atoms with Crippen molar-refractivity contribution >= 4 is 11.3 Å². The quantitative estimate of drug-likeness (QED) is 0.870. The van der Waals surface area contributed by atoms with Gasteiger partial charge in [-0.05, 0) is 24.7 Å². The first-order chi connectivity index (χ1) is 8.13. The van der Waals surface area contributed by atoms with Crippen LogP contribution in [0.5, 0.6) is 0 Å². The largest absolute Gasteiger partial charge is 0.305 e. The summed E-state index contributed by atoms with van der Waals surface area (Å²) < 4.78 is 0. The van der Waals surface area contributed by atoms with Crippen molar-refractivity contribution < 1.29 is 0 Å². The third-order valence-corrected chi connectivity index (χ3v) is 4.96. The van der Waals surface area contributed by atoms with Crippen LogP contribution in [0.25, 0.3) is 0 Å². The third-order valence-electron chi connectivity index (χ3n) is 4.07. The Morgan fingerprint density at radius 2 is 2.35 bits per heavy atom. The lowest BCUT2D eigenvalue weighted by molar-refractivity contribution is 0.154. The molecule has 0 radical (unpaired) electrons. The van der Waals surface area contributed by atoms with Crippen LogP contribution < -0.4 is 5.32 Å². The lowest BCUT2D eigenvalue weighted by Gasteiger charge is -2.41. The van der Waals surface area contributed by atoms with Gasteiger partial charge in [0, 0.05) is 17.6 Å². The molecule has 2 rings (SSSR count). The average Bonchev–Trinajstić information content (AvgIpc) is 2.80. The van der Waals surface area contributed by atoms with Crippen LogP contribution in [0, 0.1) is 5.41 Å². The van der Waals surface area contributed by atoms with E-state index in [4.69, 9.17) is 0 Å². The van der Waals surface area contributed by atoms with Crippen molar-refractivity contribution in [2.75, 3.05) is 0 Å². The van der Waals surface area contributed by atoms with Crippen LogP contribution in [0.1, 0.15) is 63.9 Å². The zero-order valence-electron chi connectivity index (χ0n) is 11.2. The molecule has 1 aromatic rings. The van der Waals surface area contributed by atoms with Gasteiger partial charge >= 0.3 is 0 Å². The minimum absolute atomic E-state index is 0.433. The molecule has 0 saturated heterocycles. The van der Waals surface area contributed by atoms with Crippen LogP contribution in [0.15, 0.2) is 11.6 Å². The fourth-order valence-electron chi connectivity index (χ4n) is 2.82. The minimum atomic E-state index is 0.433. The Labute approximate surface area is 109 Å². The summed E-state index contributed by atoms with van der Waals surface area (Å²) in [4.78, 5) is 4.46. The van der Waals surface area contributed by atoms with E-state index in [1.165, 1.54) is 30.7 Å². The van der Waals surface area contributed by atoms with Gasteiger partial charge in [0.25, 0.3) is 0 Å². The van der Waals surface area contributed by atoms with Gasteiger partial charge in [0.15, 0.2) is 0 Å². The van der Waals surface area contributed by atoms with Gasteiger partial charge < -0.3 is 5.32 Å². The Morgan fingerprint density at radius 1 is 1.53 bits per heavy atom. The highest BCUT2D eigenvalue weighted by molar-refractivity contribution is 7.09. The summed E-state index contributed by atoms with van der Waals surface area (Å²) in [7, 11) is 0. The van der Waals surface area contributed by atoms with Gasteiger partial charge in [0.2, 0.25) is 0 Å². The maximum atomic E-state index is 4.46. The predicted octanol–water partition coefficient (Wildman–Crippen LogP) is 4.15. The van der Waals surface area contributed by atoms with E-state index in [2.05, 4.69) is 36.5 Å². The number of rotatable bonds is 4. The zero-order chi connectivity index (χ0) is 12.3. The summed E-state index contributed by atoms with van der Waals surface area (Å²) in [5.41, 5.74) is 0.433. The molecule has 1 aromatic heterocycles. The van der Waals surface area contributed by atoms with Gasteiger partial charge in [0.05, 0.1) is 6.04 Å². The predicted molar refractivity (Wildman–Crippen MR) is 74.3 cm³/mol. The molecule has 96 valence electrons. The first-order valence-corrected chi connectivity index (χ1v) is 7.67. The molecule has 0 spiro atoms. The molecule has 2 unspecified atom stereocenters. The van der Waals surface area contributed by atoms with Crippen molar-refractivity contribution in [3.63, 3.8) is 0 Å². The topological polar surface area (TPSA) is 24.9 Å². The van der Waals surface area contributed by atoms with Crippen LogP contribution in [-0.4, -0.2) is 11.0 Å². The normalized spacial score (nSPS) is 25.7. The highest BCUT2D eigenvalue weighted by Crippen LogP contribution is 2.37. The Balaban J connectivity index is 2.03. The lowest BCUT2D eigenvalue weighted by atomic mass is 9.73. The molecule has 1 heterocycles. The fourth-order valence-corrected chi connectivity index (χ4v) is 3.60. The van der Waals surface area contributed by atoms with Crippen molar-refractivity contribution in [2.24, 2.45) is 5.41 Å². The van der Waals surface area contributed by atoms with Gasteiger partial charge in [-0.15, -0.1) is 11.3 Å². The van der Waals surface area contributed by atoms with Crippen molar-refractivity contribution in [2.45, 2.75) is 65.0 Å². The van der Waals surface area contributed by atoms with E-state index in [0.29, 0.717) is 17.5 Å². The van der Waals surface area contributed by atoms with Gasteiger partial charge in [0.1, 0.15) is 5.01 Å². The Morgan fingerprint density at radius 3 is 2.94 bits per heavy atom. The van der Waals surface area contributed by atoms with Crippen LogP contribution >= 0.6 is 11.3 Å². The van der Waals surface area contributed by atoms with Crippen molar-refractivity contribution in [3.8, 4) is 0 Å². The van der Waals surface area contributed by atoms with Crippen molar-refractivity contribution in [1.29, 1.82) is 0 Å². The lowest BCUT2D eigenvalue weighted by Crippen LogP contribution is -2.45. The molecule has 3 heteroatoms.